The number of aliphatic hydroxyl groups is 1. The van der Waals surface area contributed by atoms with Crippen LogP contribution in [0.25, 0.3) is 0 Å². The first-order valence-corrected chi connectivity index (χ1v) is 41.2. The fourth-order valence-electron chi connectivity index (χ4n) is 10.7. The van der Waals surface area contributed by atoms with Crippen molar-refractivity contribution in [2.45, 2.75) is 25.7 Å². The summed E-state index contributed by atoms with van der Waals surface area (Å²) < 4.78 is 48.5. The lowest BCUT2D eigenvalue weighted by Crippen LogP contribution is -2.37. The third kappa shape index (κ3) is 37.0. The zero-order chi connectivity index (χ0) is 83.2. The van der Waals surface area contributed by atoms with Crippen molar-refractivity contribution in [1.29, 1.82) is 0 Å². The van der Waals surface area contributed by atoms with Crippen molar-refractivity contribution in [3.05, 3.63) is 209 Å². The van der Waals surface area contributed by atoms with Crippen LogP contribution in [-0.4, -0.2) is 269 Å². The molecule has 118 heavy (non-hydrogen) atoms. The summed E-state index contributed by atoms with van der Waals surface area (Å²) in [5, 5.41) is 14.4. The standard InChI is InChI=1S/3C15H17ClN4O2.2C8H9Cl2N3O.C7H9NO.C4HCl3N2.C4H9NO/c16-15-18-13(20-6-9-21-10-7-20)11-14(19-15)22-8-4-12-3-1-2-5-17-12;16-13-11-14(22-8-4-12-3-1-2-5-17-12)19-15(18-13)20-6-9-21-10-7-20;16-13-11-14(20-6-9-21-10-7-20)19-15(18-13)22-8-4-12-3-1-2-5-17-12;9-6-5-7(12-8(10)11-6)13-1-3-14-4-2-13;9-6-5-7(10)12-8(11-6)13-1-3-14-4-2-13;9-6-4-7-3-1-2-5-8-7;5-2-1-3(6)9-4(7)8-2;1-3-6-4-2-5-1/h3*1-3,5,11H,4,6-10H2;2*5H,1-4H2;1-3,5,9H,4,6H2;1H;5H,1-4H2. The summed E-state index contributed by atoms with van der Waals surface area (Å²) in [4.78, 5) is 75.9. The molecule has 0 bridgehead atoms. The van der Waals surface area contributed by atoms with E-state index in [0.717, 1.165) is 145 Å². The van der Waals surface area contributed by atoms with Crippen LogP contribution in [0.4, 0.5) is 29.4 Å². The molecule has 632 valence electrons. The molecule has 0 radical (unpaired) electrons. The first-order chi connectivity index (χ1) is 57.6. The van der Waals surface area contributed by atoms with E-state index in [1.165, 1.54) is 12.1 Å². The first-order valence-electron chi connectivity index (χ1n) is 37.5. The van der Waals surface area contributed by atoms with E-state index in [1.54, 1.807) is 43.0 Å². The van der Waals surface area contributed by atoms with Crippen molar-refractivity contribution in [2.24, 2.45) is 0 Å². The van der Waals surface area contributed by atoms with Crippen LogP contribution in [0.2, 0.25) is 51.9 Å². The minimum atomic E-state index is 0.0625. The van der Waals surface area contributed by atoms with Gasteiger partial charge in [0.25, 0.3) is 0 Å². The van der Waals surface area contributed by atoms with E-state index in [-0.39, 0.29) is 32.8 Å². The Morgan fingerprint density at radius 2 is 0.619 bits per heavy atom. The predicted molar refractivity (Wildman–Crippen MR) is 456 cm³/mol. The number of nitrogens with zero attached hydrogens (tertiary/aromatic N) is 21. The van der Waals surface area contributed by atoms with Crippen molar-refractivity contribution >= 4 is 145 Å². The molecule has 6 aliphatic rings. The van der Waals surface area contributed by atoms with Gasteiger partial charge in [-0.05, 0) is 83.3 Å². The van der Waals surface area contributed by atoms with Gasteiger partial charge in [-0.2, -0.15) is 19.9 Å². The van der Waals surface area contributed by atoms with Crippen LogP contribution < -0.4 is 44.0 Å². The summed E-state index contributed by atoms with van der Waals surface area (Å²) in [5.41, 5.74) is 3.88. The first kappa shape index (κ1) is 93.9. The molecule has 16 rings (SSSR count). The number of anilines is 5. The van der Waals surface area contributed by atoms with Gasteiger partial charge in [0, 0.05) is 195 Å². The summed E-state index contributed by atoms with van der Waals surface area (Å²) in [5.74, 6) is 4.44. The molecular weight excluding hydrogens is 1740 g/mol. The maximum Gasteiger partial charge on any atom is 0.319 e. The van der Waals surface area contributed by atoms with Gasteiger partial charge in [-0.1, -0.05) is 105 Å². The van der Waals surface area contributed by atoms with E-state index in [2.05, 4.69) is 99.8 Å². The molecule has 2 N–H and O–H groups in total. The number of halogens is 10. The summed E-state index contributed by atoms with van der Waals surface area (Å²) in [6.07, 6.45) is 9.82. The molecule has 0 aromatic carbocycles. The number of rotatable bonds is 19. The maximum atomic E-state index is 8.48. The van der Waals surface area contributed by atoms with Crippen LogP contribution in [0.15, 0.2) is 134 Å². The third-order valence-electron chi connectivity index (χ3n) is 16.4. The van der Waals surface area contributed by atoms with Crippen LogP contribution in [0, 0.1) is 0 Å². The number of ether oxygens (including phenoxy) is 9. The maximum absolute atomic E-state index is 8.48. The molecule has 0 saturated carbocycles. The molecule has 6 saturated heterocycles. The Bertz CT molecular complexity index is 4050. The Labute approximate surface area is 733 Å². The predicted octanol–water partition coefficient (Wildman–Crippen LogP) is 11.8. The average molecular weight is 1820 g/mol. The van der Waals surface area contributed by atoms with E-state index >= 15 is 0 Å². The van der Waals surface area contributed by atoms with Crippen molar-refractivity contribution in [2.75, 3.05) is 209 Å². The quantitative estimate of drug-likeness (QED) is 0.0561. The van der Waals surface area contributed by atoms with Gasteiger partial charge in [0.1, 0.15) is 53.5 Å². The Morgan fingerprint density at radius 3 is 0.983 bits per heavy atom. The highest BCUT2D eigenvalue weighted by Crippen LogP contribution is 2.26. The summed E-state index contributed by atoms with van der Waals surface area (Å²) >= 11 is 57.4. The summed E-state index contributed by atoms with van der Waals surface area (Å²) in [7, 11) is 0. The number of morpholine rings is 6. The van der Waals surface area contributed by atoms with Gasteiger partial charge >= 0.3 is 6.01 Å². The van der Waals surface area contributed by atoms with Gasteiger partial charge in [0.05, 0.1) is 99.1 Å². The highest BCUT2D eigenvalue weighted by molar-refractivity contribution is 6.35. The molecular formula is C76H88Cl10N22O10. The highest BCUT2D eigenvalue weighted by atomic mass is 35.5. The van der Waals surface area contributed by atoms with Gasteiger partial charge in [-0.15, -0.1) is 0 Å². The molecule has 32 nitrogen and oxygen atoms in total. The lowest BCUT2D eigenvalue weighted by atomic mass is 10.3. The molecule has 0 atom stereocenters. The number of aromatic nitrogens is 16. The lowest BCUT2D eigenvalue weighted by Gasteiger charge is -2.27. The third-order valence-corrected chi connectivity index (χ3v) is 18.3. The van der Waals surface area contributed by atoms with Gasteiger partial charge in [0.15, 0.2) is 0 Å². The minimum absolute atomic E-state index is 0.0625. The van der Waals surface area contributed by atoms with Crippen LogP contribution in [0.1, 0.15) is 22.8 Å². The second kappa shape index (κ2) is 54.4. The van der Waals surface area contributed by atoms with Crippen molar-refractivity contribution in [1.82, 2.24) is 85.1 Å². The SMILES string of the molecule is C1COCCN1.Clc1cc(Cl)nc(Cl)n1.Clc1cc(Cl)nc(N2CCOCC2)n1.Clc1cc(N2CCOCC2)nc(Cl)n1.Clc1cc(N2CCOCC2)nc(OCCc2ccccn2)n1.Clc1cc(OCCc2ccccn2)nc(N2CCOCC2)n1.Clc1nc(OCCc2ccccn2)cc(N2CCOCC2)n1.OCCc1ccccn1. The molecule has 6 aliphatic heterocycles. The van der Waals surface area contributed by atoms with E-state index in [0.29, 0.717) is 154 Å². The van der Waals surface area contributed by atoms with Crippen molar-refractivity contribution in [3.63, 3.8) is 0 Å². The van der Waals surface area contributed by atoms with Crippen LogP contribution >= 0.6 is 116 Å². The summed E-state index contributed by atoms with van der Waals surface area (Å²) in [6.45, 7) is 20.2. The largest absolute Gasteiger partial charge is 0.477 e. The molecule has 0 spiro atoms. The fourth-order valence-corrected chi connectivity index (χ4v) is 12.8. The van der Waals surface area contributed by atoms with Crippen molar-refractivity contribution < 1.29 is 47.7 Å². The molecule has 10 aromatic heterocycles. The monoisotopic (exact) mass is 1820 g/mol. The van der Waals surface area contributed by atoms with Gasteiger partial charge in [0.2, 0.25) is 39.5 Å². The fraction of sp³-hybridized carbons (Fsp3) is 0.421. The summed E-state index contributed by atoms with van der Waals surface area (Å²) in [6, 6.07) is 33.2. The number of nitrogens with one attached hydrogen (secondary N) is 1. The van der Waals surface area contributed by atoms with Gasteiger partial charge in [-0.25, -0.2) is 39.9 Å². The Balaban J connectivity index is 0.000000158. The molecule has 10 aromatic rings. The van der Waals surface area contributed by atoms with Gasteiger partial charge < -0.3 is 77.6 Å². The van der Waals surface area contributed by atoms with E-state index < -0.39 is 0 Å². The highest BCUT2D eigenvalue weighted by Gasteiger charge is 2.21. The Hall–Kier alpha value is -7.94. The molecule has 6 fully saturated rings. The van der Waals surface area contributed by atoms with Crippen LogP contribution in [0.5, 0.6) is 17.8 Å². The topological polar surface area (TPSA) is 338 Å². The molecule has 0 aliphatic carbocycles. The Kier molecular flexibility index (Phi) is 43.3. The Morgan fingerprint density at radius 1 is 0.305 bits per heavy atom. The molecule has 16 heterocycles. The average Bonchev–Trinajstić information content (AvgIpc) is 0.862. The smallest absolute Gasteiger partial charge is 0.319 e. The number of hydrogen-bond acceptors (Lipinski definition) is 32. The van der Waals surface area contributed by atoms with E-state index in [9.17, 15) is 0 Å². The van der Waals surface area contributed by atoms with Crippen LogP contribution in [0.3, 0.4) is 0 Å². The number of hydrogen-bond donors (Lipinski definition) is 2. The molecule has 42 heteroatoms. The zero-order valence-electron chi connectivity index (χ0n) is 64.1. The lowest BCUT2D eigenvalue weighted by molar-refractivity contribution is 0.109. The minimum Gasteiger partial charge on any atom is -0.477 e. The van der Waals surface area contributed by atoms with Crippen molar-refractivity contribution in [3.8, 4) is 17.8 Å². The second-order valence-electron chi connectivity index (χ2n) is 24.8. The van der Waals surface area contributed by atoms with Crippen LogP contribution in [-0.2, 0) is 54.1 Å². The second-order valence-corrected chi connectivity index (χ2v) is 28.5. The van der Waals surface area contributed by atoms with Gasteiger partial charge in [-0.3, -0.25) is 19.9 Å². The normalized spacial score (nSPS) is 15.1. The zero-order valence-corrected chi connectivity index (χ0v) is 71.7. The van der Waals surface area contributed by atoms with E-state index in [1.807, 2.05) is 88.7 Å². The number of aliphatic hydroxyl groups excluding tert-OH is 1. The molecule has 0 amide bonds. The number of pyridine rings is 4. The molecule has 0 unspecified atom stereocenters. The van der Waals surface area contributed by atoms with E-state index in [4.69, 9.17) is 164 Å².